The van der Waals surface area contributed by atoms with E-state index in [0.717, 1.165) is 11.3 Å². The molecule has 1 atom stereocenters. The van der Waals surface area contributed by atoms with Crippen LogP contribution < -0.4 is 10.1 Å². The number of carbonyl (C=O) groups excluding carboxylic acids is 1. The van der Waals surface area contributed by atoms with Gasteiger partial charge in [-0.05, 0) is 46.5 Å². The standard InChI is InChI=1S/C16H18N2O2S/c1-11-9-21-10-13(11)8-18-15(19)7-17-16(18)12-3-5-14(20-2)6-4-12/h3-6,9-10,16-17H,7-8H2,1-2H3. The molecule has 2 heterocycles. The van der Waals surface area contributed by atoms with Crippen LogP contribution in [0.25, 0.3) is 0 Å². The number of aryl methyl sites for hydroxylation is 1. The molecular weight excluding hydrogens is 284 g/mol. The summed E-state index contributed by atoms with van der Waals surface area (Å²) in [4.78, 5) is 14.1. The van der Waals surface area contributed by atoms with Crippen molar-refractivity contribution in [3.63, 3.8) is 0 Å². The van der Waals surface area contributed by atoms with E-state index in [-0.39, 0.29) is 12.1 Å². The molecule has 5 heteroatoms. The zero-order valence-electron chi connectivity index (χ0n) is 12.1. The Hall–Kier alpha value is -1.85. The lowest BCUT2D eigenvalue weighted by Gasteiger charge is -2.25. The number of carbonyl (C=O) groups is 1. The molecule has 0 aliphatic carbocycles. The van der Waals surface area contributed by atoms with Crippen molar-refractivity contribution < 1.29 is 9.53 Å². The second-order valence-electron chi connectivity index (χ2n) is 5.16. The van der Waals surface area contributed by atoms with E-state index >= 15 is 0 Å². The van der Waals surface area contributed by atoms with Gasteiger partial charge in [-0.1, -0.05) is 12.1 Å². The maximum absolute atomic E-state index is 12.2. The Morgan fingerprint density at radius 1 is 1.33 bits per heavy atom. The lowest BCUT2D eigenvalue weighted by atomic mass is 10.1. The number of thiophene rings is 1. The largest absolute Gasteiger partial charge is 0.497 e. The van der Waals surface area contributed by atoms with Crippen molar-refractivity contribution >= 4 is 17.2 Å². The molecule has 1 aromatic heterocycles. The number of nitrogens with zero attached hydrogens (tertiary/aromatic N) is 1. The maximum atomic E-state index is 12.2. The fourth-order valence-corrected chi connectivity index (χ4v) is 3.38. The molecule has 2 aromatic rings. The van der Waals surface area contributed by atoms with Gasteiger partial charge < -0.3 is 9.64 Å². The fraction of sp³-hybridized carbons (Fsp3) is 0.312. The molecule has 0 spiro atoms. The normalized spacial score (nSPS) is 18.3. The van der Waals surface area contributed by atoms with E-state index in [2.05, 4.69) is 23.0 Å². The molecule has 110 valence electrons. The first-order valence-electron chi connectivity index (χ1n) is 6.87. The van der Waals surface area contributed by atoms with Gasteiger partial charge >= 0.3 is 0 Å². The van der Waals surface area contributed by atoms with Crippen LogP contribution in [0.15, 0.2) is 35.0 Å². The van der Waals surface area contributed by atoms with E-state index in [9.17, 15) is 4.79 Å². The summed E-state index contributed by atoms with van der Waals surface area (Å²) in [6.07, 6.45) is -0.0669. The molecule has 3 rings (SSSR count). The summed E-state index contributed by atoms with van der Waals surface area (Å²) in [5, 5.41) is 7.51. The van der Waals surface area contributed by atoms with Gasteiger partial charge in [0.05, 0.1) is 13.7 Å². The average Bonchev–Trinajstić information content (AvgIpc) is 3.07. The Labute approximate surface area is 128 Å². The van der Waals surface area contributed by atoms with Crippen molar-refractivity contribution in [3.05, 3.63) is 51.7 Å². The summed E-state index contributed by atoms with van der Waals surface area (Å²) >= 11 is 1.68. The number of benzene rings is 1. The number of methoxy groups -OCH3 is 1. The highest BCUT2D eigenvalue weighted by Gasteiger charge is 2.31. The number of hydrogen-bond acceptors (Lipinski definition) is 4. The smallest absolute Gasteiger partial charge is 0.238 e. The minimum atomic E-state index is -0.0669. The zero-order valence-corrected chi connectivity index (χ0v) is 12.9. The fourth-order valence-electron chi connectivity index (χ4n) is 2.54. The highest BCUT2D eigenvalue weighted by Crippen LogP contribution is 2.27. The van der Waals surface area contributed by atoms with E-state index < -0.39 is 0 Å². The Kier molecular flexibility index (Phi) is 3.94. The van der Waals surface area contributed by atoms with Gasteiger partial charge in [-0.15, -0.1) is 0 Å². The monoisotopic (exact) mass is 302 g/mol. The number of hydrogen-bond donors (Lipinski definition) is 1. The van der Waals surface area contributed by atoms with Crippen molar-refractivity contribution in [1.82, 2.24) is 10.2 Å². The molecule has 0 saturated carbocycles. The summed E-state index contributed by atoms with van der Waals surface area (Å²) < 4.78 is 5.18. The highest BCUT2D eigenvalue weighted by molar-refractivity contribution is 7.08. The van der Waals surface area contributed by atoms with E-state index in [4.69, 9.17) is 4.74 Å². The number of rotatable bonds is 4. The van der Waals surface area contributed by atoms with Gasteiger partial charge in [0.25, 0.3) is 0 Å². The zero-order chi connectivity index (χ0) is 14.8. The molecule has 1 aromatic carbocycles. The van der Waals surface area contributed by atoms with Gasteiger partial charge in [-0.3, -0.25) is 10.1 Å². The first-order chi connectivity index (χ1) is 10.2. The first kappa shape index (κ1) is 14.1. The van der Waals surface area contributed by atoms with Crippen molar-refractivity contribution in [2.24, 2.45) is 0 Å². The van der Waals surface area contributed by atoms with E-state index in [1.165, 1.54) is 11.1 Å². The molecular formula is C16H18N2O2S. The summed E-state index contributed by atoms with van der Waals surface area (Å²) in [7, 11) is 1.65. The third-order valence-corrected chi connectivity index (χ3v) is 4.72. The SMILES string of the molecule is COc1ccc(C2NCC(=O)N2Cc2cscc2C)cc1. The Morgan fingerprint density at radius 2 is 2.10 bits per heavy atom. The third-order valence-electron chi connectivity index (χ3n) is 3.81. The highest BCUT2D eigenvalue weighted by atomic mass is 32.1. The van der Waals surface area contributed by atoms with Crippen LogP contribution in [0, 0.1) is 6.92 Å². The van der Waals surface area contributed by atoms with Gasteiger partial charge in [0.15, 0.2) is 0 Å². The van der Waals surface area contributed by atoms with Crippen LogP contribution in [0.3, 0.4) is 0 Å². The van der Waals surface area contributed by atoms with Gasteiger partial charge in [0, 0.05) is 6.54 Å². The summed E-state index contributed by atoms with van der Waals surface area (Å²) in [5.41, 5.74) is 3.54. The predicted octanol–water partition coefficient (Wildman–Crippen LogP) is 2.70. The first-order valence-corrected chi connectivity index (χ1v) is 7.82. The minimum Gasteiger partial charge on any atom is -0.497 e. The van der Waals surface area contributed by atoms with Crippen LogP contribution in [0.5, 0.6) is 5.75 Å². The predicted molar refractivity (Wildman–Crippen MR) is 83.3 cm³/mol. The van der Waals surface area contributed by atoms with E-state index in [0.29, 0.717) is 13.1 Å². The van der Waals surface area contributed by atoms with Crippen molar-refractivity contribution in [1.29, 1.82) is 0 Å². The quantitative estimate of drug-likeness (QED) is 0.944. The molecule has 1 aliphatic heterocycles. The molecule has 21 heavy (non-hydrogen) atoms. The van der Waals surface area contributed by atoms with Crippen LogP contribution in [0.4, 0.5) is 0 Å². The lowest BCUT2D eigenvalue weighted by Crippen LogP contribution is -2.29. The van der Waals surface area contributed by atoms with Crippen molar-refractivity contribution in [2.45, 2.75) is 19.6 Å². The maximum Gasteiger partial charge on any atom is 0.238 e. The Bertz CT molecular complexity index is 636. The third kappa shape index (κ3) is 2.80. The molecule has 4 nitrogen and oxygen atoms in total. The number of nitrogens with one attached hydrogen (secondary N) is 1. The summed E-state index contributed by atoms with van der Waals surface area (Å²) in [5.74, 6) is 0.963. The Balaban J connectivity index is 1.83. The van der Waals surface area contributed by atoms with E-state index in [1.807, 2.05) is 29.2 Å². The van der Waals surface area contributed by atoms with Crippen LogP contribution in [-0.4, -0.2) is 24.5 Å². The topological polar surface area (TPSA) is 41.6 Å². The molecule has 0 radical (unpaired) electrons. The molecule has 1 unspecified atom stereocenters. The summed E-state index contributed by atoms with van der Waals surface area (Å²) in [6, 6.07) is 7.85. The lowest BCUT2D eigenvalue weighted by molar-refractivity contribution is -0.128. The van der Waals surface area contributed by atoms with Crippen molar-refractivity contribution in [2.75, 3.05) is 13.7 Å². The Morgan fingerprint density at radius 3 is 2.71 bits per heavy atom. The summed E-state index contributed by atoms with van der Waals surface area (Å²) in [6.45, 7) is 3.12. The second-order valence-corrected chi connectivity index (χ2v) is 5.90. The van der Waals surface area contributed by atoms with Crippen LogP contribution >= 0.6 is 11.3 Å². The van der Waals surface area contributed by atoms with Crippen LogP contribution in [0.2, 0.25) is 0 Å². The molecule has 1 amide bonds. The number of ether oxygens (including phenoxy) is 1. The number of amides is 1. The average molecular weight is 302 g/mol. The molecule has 1 aliphatic rings. The van der Waals surface area contributed by atoms with Gasteiger partial charge in [-0.25, -0.2) is 0 Å². The van der Waals surface area contributed by atoms with Gasteiger partial charge in [0.1, 0.15) is 11.9 Å². The van der Waals surface area contributed by atoms with Crippen molar-refractivity contribution in [3.8, 4) is 5.75 Å². The van der Waals surface area contributed by atoms with Gasteiger partial charge in [-0.2, -0.15) is 11.3 Å². The van der Waals surface area contributed by atoms with Crippen LogP contribution in [0.1, 0.15) is 22.9 Å². The molecule has 0 bridgehead atoms. The van der Waals surface area contributed by atoms with Gasteiger partial charge in [0.2, 0.25) is 5.91 Å². The second kappa shape index (κ2) is 5.87. The molecule has 1 fully saturated rings. The molecule has 1 N–H and O–H groups in total. The van der Waals surface area contributed by atoms with E-state index in [1.54, 1.807) is 18.4 Å². The molecule has 1 saturated heterocycles. The minimum absolute atomic E-state index is 0.0669. The van der Waals surface area contributed by atoms with Crippen LogP contribution in [-0.2, 0) is 11.3 Å².